The number of rotatable bonds is 6. The molecule has 102 valence electrons. The van der Waals surface area contributed by atoms with Crippen LogP contribution < -0.4 is 0 Å². The smallest absolute Gasteiger partial charge is 0.209 e. The van der Waals surface area contributed by atoms with Gasteiger partial charge in [0.1, 0.15) is 10.7 Å². The van der Waals surface area contributed by atoms with Gasteiger partial charge in [-0.1, -0.05) is 28.1 Å². The van der Waals surface area contributed by atoms with Crippen LogP contribution in [0.2, 0.25) is 0 Å². The van der Waals surface area contributed by atoms with Gasteiger partial charge in [0.2, 0.25) is 10.0 Å². The van der Waals surface area contributed by atoms with Crippen LogP contribution in [0.25, 0.3) is 0 Å². The summed E-state index contributed by atoms with van der Waals surface area (Å²) in [5.41, 5.74) is 0. The zero-order chi connectivity index (χ0) is 13.8. The Hall–Kier alpha value is -0.600. The number of hydrogen-bond donors (Lipinski definition) is 0. The summed E-state index contributed by atoms with van der Waals surface area (Å²) in [4.78, 5) is -0.591. The molecular weight excluding hydrogens is 335 g/mol. The minimum atomic E-state index is -4.24. The van der Waals surface area contributed by atoms with Crippen molar-refractivity contribution in [2.45, 2.75) is 11.3 Å². The first-order valence-electron chi connectivity index (χ1n) is 4.98. The summed E-state index contributed by atoms with van der Waals surface area (Å²) in [7, 11) is -4.24. The predicted molar refractivity (Wildman–Crippen MR) is 65.0 cm³/mol. The molecule has 0 aliphatic carbocycles. The molecule has 0 bridgehead atoms. The molecule has 0 amide bonds. The first-order valence-corrected chi connectivity index (χ1v) is 7.54. The van der Waals surface area contributed by atoms with E-state index >= 15 is 0 Å². The molecule has 0 spiro atoms. The molecule has 0 N–H and O–H groups in total. The number of nitrogens with zero attached hydrogens (tertiary/aromatic N) is 1. The van der Waals surface area contributed by atoms with Gasteiger partial charge >= 0.3 is 0 Å². The van der Waals surface area contributed by atoms with Gasteiger partial charge in [-0.15, -0.1) is 0 Å². The Kier molecular flexibility index (Phi) is 5.61. The number of alkyl halides is 3. The lowest BCUT2D eigenvalue weighted by molar-refractivity contribution is 0.121. The monoisotopic (exact) mass is 345 g/mol. The van der Waals surface area contributed by atoms with E-state index in [2.05, 4.69) is 15.9 Å². The molecule has 0 fully saturated rings. The summed E-state index contributed by atoms with van der Waals surface area (Å²) in [5.74, 6) is -0.952. The van der Waals surface area contributed by atoms with Crippen LogP contribution in [0.5, 0.6) is 0 Å². The van der Waals surface area contributed by atoms with E-state index in [-0.39, 0.29) is 11.9 Å². The van der Waals surface area contributed by atoms with E-state index in [1.165, 1.54) is 12.1 Å². The highest BCUT2D eigenvalue weighted by atomic mass is 79.9. The molecule has 0 aliphatic heterocycles. The van der Waals surface area contributed by atoms with E-state index in [0.29, 0.717) is 4.31 Å². The second-order valence-corrected chi connectivity index (χ2v) is 6.07. The Balaban J connectivity index is 3.13. The first-order chi connectivity index (χ1) is 8.39. The van der Waals surface area contributed by atoms with Crippen molar-refractivity contribution >= 4 is 26.0 Å². The maximum Gasteiger partial charge on any atom is 0.252 e. The van der Waals surface area contributed by atoms with Gasteiger partial charge < -0.3 is 0 Å². The summed E-state index contributed by atoms with van der Waals surface area (Å²) in [6.45, 7) is -1.11. The van der Waals surface area contributed by atoms with Gasteiger partial charge in [0.15, 0.2) is 0 Å². The van der Waals surface area contributed by atoms with Crippen molar-refractivity contribution in [2.24, 2.45) is 0 Å². The van der Waals surface area contributed by atoms with Crippen LogP contribution in [0, 0.1) is 5.82 Å². The predicted octanol–water partition coefficient (Wildman–Crippen LogP) is 2.48. The van der Waals surface area contributed by atoms with Crippen molar-refractivity contribution in [3.63, 3.8) is 0 Å². The number of hydrogen-bond acceptors (Lipinski definition) is 2. The highest BCUT2D eigenvalue weighted by Gasteiger charge is 2.28. The second-order valence-electron chi connectivity index (χ2n) is 3.37. The number of benzene rings is 1. The fourth-order valence-corrected chi connectivity index (χ4v) is 3.50. The van der Waals surface area contributed by atoms with Crippen LogP contribution in [0.4, 0.5) is 13.2 Å². The van der Waals surface area contributed by atoms with Crippen LogP contribution in [0.15, 0.2) is 29.2 Å². The minimum absolute atomic E-state index is 0.152. The summed E-state index contributed by atoms with van der Waals surface area (Å²) in [5, 5.41) is 0.188. The third-order valence-corrected chi connectivity index (χ3v) is 4.38. The molecule has 8 heteroatoms. The van der Waals surface area contributed by atoms with Crippen LogP contribution in [0.1, 0.15) is 0 Å². The maximum atomic E-state index is 13.4. The lowest BCUT2D eigenvalue weighted by Gasteiger charge is -2.21. The third-order valence-electron chi connectivity index (χ3n) is 2.13. The van der Waals surface area contributed by atoms with Gasteiger partial charge in [-0.25, -0.2) is 21.6 Å². The van der Waals surface area contributed by atoms with Crippen molar-refractivity contribution in [2.75, 3.05) is 18.4 Å². The molecule has 0 heterocycles. The summed E-state index contributed by atoms with van der Waals surface area (Å²) < 4.78 is 62.7. The van der Waals surface area contributed by atoms with Crippen LogP contribution in [-0.2, 0) is 10.0 Å². The minimum Gasteiger partial charge on any atom is -0.209 e. The topological polar surface area (TPSA) is 37.4 Å². The van der Waals surface area contributed by atoms with Gasteiger partial charge in [-0.2, -0.15) is 4.31 Å². The highest BCUT2D eigenvalue weighted by molar-refractivity contribution is 9.09. The molecule has 0 radical (unpaired) electrons. The van der Waals surface area contributed by atoms with Gasteiger partial charge in [0.05, 0.1) is 6.54 Å². The van der Waals surface area contributed by atoms with E-state index < -0.39 is 33.7 Å². The third kappa shape index (κ3) is 3.69. The average Bonchev–Trinajstić information content (AvgIpc) is 2.28. The lowest BCUT2D eigenvalue weighted by atomic mass is 10.4. The Labute approximate surface area is 112 Å². The average molecular weight is 346 g/mol. The molecule has 1 rings (SSSR count). The molecule has 1 aromatic rings. The SMILES string of the molecule is O=S(=O)(c1ccccc1F)N(CCBr)CC(F)F. The Morgan fingerprint density at radius 1 is 1.28 bits per heavy atom. The molecule has 0 aromatic heterocycles. The molecule has 0 unspecified atom stereocenters. The van der Waals surface area contributed by atoms with E-state index in [4.69, 9.17) is 0 Å². The Bertz CT molecular complexity index is 496. The van der Waals surface area contributed by atoms with Crippen LogP contribution >= 0.6 is 15.9 Å². The lowest BCUT2D eigenvalue weighted by Crippen LogP contribution is -2.36. The van der Waals surface area contributed by atoms with Gasteiger partial charge in [-0.05, 0) is 12.1 Å². The van der Waals surface area contributed by atoms with Crippen molar-refractivity contribution in [1.29, 1.82) is 0 Å². The Morgan fingerprint density at radius 2 is 1.89 bits per heavy atom. The normalized spacial score (nSPS) is 12.3. The molecule has 0 saturated heterocycles. The quantitative estimate of drug-likeness (QED) is 0.743. The molecule has 0 aliphatic rings. The van der Waals surface area contributed by atoms with Crippen molar-refractivity contribution in [3.05, 3.63) is 30.1 Å². The van der Waals surface area contributed by atoms with Gasteiger partial charge in [-0.3, -0.25) is 0 Å². The van der Waals surface area contributed by atoms with E-state index in [9.17, 15) is 21.6 Å². The van der Waals surface area contributed by atoms with Crippen LogP contribution in [-0.4, -0.2) is 37.6 Å². The first kappa shape index (κ1) is 15.5. The van der Waals surface area contributed by atoms with E-state index in [1.807, 2.05) is 0 Å². The van der Waals surface area contributed by atoms with Crippen molar-refractivity contribution < 1.29 is 21.6 Å². The zero-order valence-electron chi connectivity index (χ0n) is 9.19. The molecule has 0 saturated carbocycles. The van der Waals surface area contributed by atoms with E-state index in [1.54, 1.807) is 0 Å². The van der Waals surface area contributed by atoms with Crippen molar-refractivity contribution in [3.8, 4) is 0 Å². The van der Waals surface area contributed by atoms with Gasteiger partial charge in [0.25, 0.3) is 6.43 Å². The fraction of sp³-hybridized carbons (Fsp3) is 0.400. The molecule has 3 nitrogen and oxygen atoms in total. The highest BCUT2D eigenvalue weighted by Crippen LogP contribution is 2.19. The van der Waals surface area contributed by atoms with Crippen LogP contribution in [0.3, 0.4) is 0 Å². The number of sulfonamides is 1. The molecule has 0 atom stereocenters. The van der Waals surface area contributed by atoms with Crippen molar-refractivity contribution in [1.82, 2.24) is 4.31 Å². The summed E-state index contributed by atoms with van der Waals surface area (Å²) in [6, 6.07) is 4.69. The molecule has 18 heavy (non-hydrogen) atoms. The molecular formula is C10H11BrF3NO2S. The standard InChI is InChI=1S/C10H11BrF3NO2S/c11-5-6-15(7-10(13)14)18(16,17)9-4-2-1-3-8(9)12/h1-4,10H,5-7H2. The maximum absolute atomic E-state index is 13.4. The van der Waals surface area contributed by atoms with E-state index in [0.717, 1.165) is 12.1 Å². The zero-order valence-corrected chi connectivity index (χ0v) is 11.6. The number of halogens is 4. The fourth-order valence-electron chi connectivity index (χ4n) is 1.35. The molecule has 1 aromatic carbocycles. The largest absolute Gasteiger partial charge is 0.252 e. The summed E-state index contributed by atoms with van der Waals surface area (Å²) >= 11 is 2.98. The summed E-state index contributed by atoms with van der Waals surface area (Å²) in [6.07, 6.45) is -2.81. The second kappa shape index (κ2) is 6.53. The van der Waals surface area contributed by atoms with Gasteiger partial charge in [0, 0.05) is 11.9 Å². The Morgan fingerprint density at radius 3 is 2.39 bits per heavy atom.